The summed E-state index contributed by atoms with van der Waals surface area (Å²) in [4.78, 5) is 16.7. The first-order chi connectivity index (χ1) is 10.7. The number of carbonyl (C=O) groups is 1. The van der Waals surface area contributed by atoms with Crippen molar-refractivity contribution >= 4 is 11.6 Å². The van der Waals surface area contributed by atoms with Crippen LogP contribution in [0, 0.1) is 6.92 Å². The van der Waals surface area contributed by atoms with Crippen LogP contribution < -0.4 is 10.1 Å². The van der Waals surface area contributed by atoms with Crippen molar-refractivity contribution in [2.45, 2.75) is 13.5 Å². The molecule has 22 heavy (non-hydrogen) atoms. The van der Waals surface area contributed by atoms with Gasteiger partial charge in [0.1, 0.15) is 11.4 Å². The number of amides is 1. The Bertz CT molecular complexity index is 824. The van der Waals surface area contributed by atoms with Crippen LogP contribution in [-0.4, -0.2) is 22.4 Å². The van der Waals surface area contributed by atoms with Crippen molar-refractivity contribution in [2.75, 3.05) is 7.11 Å². The molecule has 0 aliphatic heterocycles. The third-order valence-corrected chi connectivity index (χ3v) is 3.51. The molecule has 0 radical (unpaired) electrons. The molecular weight excluding hydrogens is 278 g/mol. The summed E-state index contributed by atoms with van der Waals surface area (Å²) in [6.07, 6.45) is 1.94. The Kier molecular flexibility index (Phi) is 3.78. The van der Waals surface area contributed by atoms with E-state index in [0.717, 1.165) is 17.0 Å². The largest absolute Gasteiger partial charge is 0.497 e. The number of ether oxygens (including phenoxy) is 1. The number of aryl methyl sites for hydroxylation is 1. The summed E-state index contributed by atoms with van der Waals surface area (Å²) in [6.45, 7) is 2.41. The van der Waals surface area contributed by atoms with E-state index in [0.29, 0.717) is 17.9 Å². The molecule has 5 heteroatoms. The van der Waals surface area contributed by atoms with Gasteiger partial charge in [-0.05, 0) is 37.3 Å². The van der Waals surface area contributed by atoms with Crippen molar-refractivity contribution in [1.29, 1.82) is 0 Å². The number of fused-ring (bicyclic) bond motifs is 1. The monoisotopic (exact) mass is 295 g/mol. The fraction of sp³-hybridized carbons (Fsp3) is 0.176. The van der Waals surface area contributed by atoms with Gasteiger partial charge in [-0.25, -0.2) is 4.98 Å². The summed E-state index contributed by atoms with van der Waals surface area (Å²) >= 11 is 0. The molecule has 0 saturated carbocycles. The number of benzene rings is 1. The lowest BCUT2D eigenvalue weighted by Gasteiger charge is -2.05. The highest BCUT2D eigenvalue weighted by molar-refractivity contribution is 5.94. The average Bonchev–Trinajstić information content (AvgIpc) is 2.97. The topological polar surface area (TPSA) is 55.6 Å². The molecule has 1 aromatic carbocycles. The number of carbonyl (C=O) groups excluding carboxylic acids is 1. The van der Waals surface area contributed by atoms with E-state index < -0.39 is 0 Å². The SMILES string of the molecule is COc1cccc(C(=O)NCc2cn3c(C)cccc3n2)c1. The van der Waals surface area contributed by atoms with E-state index in [1.807, 2.05) is 41.8 Å². The van der Waals surface area contributed by atoms with Gasteiger partial charge >= 0.3 is 0 Å². The Labute approximate surface area is 128 Å². The third-order valence-electron chi connectivity index (χ3n) is 3.51. The number of pyridine rings is 1. The summed E-state index contributed by atoms with van der Waals surface area (Å²) < 4.78 is 7.13. The van der Waals surface area contributed by atoms with Gasteiger partial charge in [-0.3, -0.25) is 4.79 Å². The Balaban J connectivity index is 1.73. The maximum absolute atomic E-state index is 12.2. The quantitative estimate of drug-likeness (QED) is 0.805. The van der Waals surface area contributed by atoms with Gasteiger partial charge in [-0.15, -0.1) is 0 Å². The van der Waals surface area contributed by atoms with E-state index in [1.54, 1.807) is 25.3 Å². The van der Waals surface area contributed by atoms with Crippen LogP contribution >= 0.6 is 0 Å². The first-order valence-corrected chi connectivity index (χ1v) is 7.03. The number of methoxy groups -OCH3 is 1. The number of rotatable bonds is 4. The fourth-order valence-electron chi connectivity index (χ4n) is 2.32. The Hall–Kier alpha value is -2.82. The lowest BCUT2D eigenvalue weighted by atomic mass is 10.2. The van der Waals surface area contributed by atoms with E-state index in [9.17, 15) is 4.79 Å². The lowest BCUT2D eigenvalue weighted by molar-refractivity contribution is 0.0950. The number of hydrogen-bond donors (Lipinski definition) is 1. The van der Waals surface area contributed by atoms with Gasteiger partial charge in [0.05, 0.1) is 19.3 Å². The number of nitrogens with one attached hydrogen (secondary N) is 1. The molecule has 2 aromatic heterocycles. The molecule has 0 unspecified atom stereocenters. The zero-order valence-corrected chi connectivity index (χ0v) is 12.5. The number of nitrogens with zero attached hydrogens (tertiary/aromatic N) is 2. The summed E-state index contributed by atoms with van der Waals surface area (Å²) in [5, 5.41) is 2.88. The van der Waals surface area contributed by atoms with Gasteiger partial charge in [0, 0.05) is 17.5 Å². The summed E-state index contributed by atoms with van der Waals surface area (Å²) in [5.74, 6) is 0.517. The third kappa shape index (κ3) is 2.79. The smallest absolute Gasteiger partial charge is 0.251 e. The predicted molar refractivity (Wildman–Crippen MR) is 84.1 cm³/mol. The van der Waals surface area contributed by atoms with E-state index in [1.165, 1.54) is 0 Å². The molecule has 3 rings (SSSR count). The average molecular weight is 295 g/mol. The zero-order chi connectivity index (χ0) is 15.5. The standard InChI is InChI=1S/C17H17N3O2/c1-12-5-3-8-16-19-14(11-20(12)16)10-18-17(21)13-6-4-7-15(9-13)22-2/h3-9,11H,10H2,1-2H3,(H,18,21). The molecule has 5 nitrogen and oxygen atoms in total. The van der Waals surface area contributed by atoms with Crippen LogP contribution in [0.4, 0.5) is 0 Å². The molecular formula is C17H17N3O2. The van der Waals surface area contributed by atoms with Crippen LogP contribution in [0.25, 0.3) is 5.65 Å². The van der Waals surface area contributed by atoms with Crippen molar-refractivity contribution in [2.24, 2.45) is 0 Å². The number of hydrogen-bond acceptors (Lipinski definition) is 3. The van der Waals surface area contributed by atoms with Gasteiger partial charge in [0.2, 0.25) is 0 Å². The first-order valence-electron chi connectivity index (χ1n) is 7.03. The Morgan fingerprint density at radius 3 is 2.86 bits per heavy atom. The van der Waals surface area contributed by atoms with E-state index in [-0.39, 0.29) is 5.91 Å². The minimum atomic E-state index is -0.146. The van der Waals surface area contributed by atoms with E-state index in [4.69, 9.17) is 4.74 Å². The second-order valence-corrected chi connectivity index (χ2v) is 5.04. The molecule has 0 bridgehead atoms. The lowest BCUT2D eigenvalue weighted by Crippen LogP contribution is -2.22. The van der Waals surface area contributed by atoms with E-state index >= 15 is 0 Å². The first kappa shape index (κ1) is 14.1. The molecule has 0 aliphatic rings. The molecule has 0 aliphatic carbocycles. The highest BCUT2D eigenvalue weighted by Gasteiger charge is 2.08. The molecule has 112 valence electrons. The second-order valence-electron chi connectivity index (χ2n) is 5.04. The normalized spacial score (nSPS) is 10.6. The minimum absolute atomic E-state index is 0.146. The minimum Gasteiger partial charge on any atom is -0.497 e. The van der Waals surface area contributed by atoms with Gasteiger partial charge in [0.25, 0.3) is 5.91 Å². The van der Waals surface area contributed by atoms with Crippen LogP contribution in [0.2, 0.25) is 0 Å². The molecule has 0 fully saturated rings. The van der Waals surface area contributed by atoms with Gasteiger partial charge in [0.15, 0.2) is 0 Å². The molecule has 2 heterocycles. The molecule has 0 atom stereocenters. The highest BCUT2D eigenvalue weighted by Crippen LogP contribution is 2.13. The summed E-state index contributed by atoms with van der Waals surface area (Å²) in [6, 6.07) is 13.0. The second kappa shape index (κ2) is 5.89. The van der Waals surface area contributed by atoms with Crippen LogP contribution in [0.5, 0.6) is 5.75 Å². The highest BCUT2D eigenvalue weighted by atomic mass is 16.5. The Morgan fingerprint density at radius 2 is 2.09 bits per heavy atom. The molecule has 1 amide bonds. The van der Waals surface area contributed by atoms with Crippen molar-refractivity contribution < 1.29 is 9.53 Å². The number of imidazole rings is 1. The zero-order valence-electron chi connectivity index (χ0n) is 12.5. The maximum atomic E-state index is 12.2. The van der Waals surface area contributed by atoms with Crippen LogP contribution in [0.15, 0.2) is 48.7 Å². The van der Waals surface area contributed by atoms with Gasteiger partial charge < -0.3 is 14.5 Å². The molecule has 0 saturated heterocycles. The molecule has 0 spiro atoms. The van der Waals surface area contributed by atoms with Gasteiger partial charge in [-0.2, -0.15) is 0 Å². The fourth-order valence-corrected chi connectivity index (χ4v) is 2.32. The summed E-state index contributed by atoms with van der Waals surface area (Å²) in [5.41, 5.74) is 3.38. The van der Waals surface area contributed by atoms with Crippen molar-refractivity contribution in [1.82, 2.24) is 14.7 Å². The van der Waals surface area contributed by atoms with E-state index in [2.05, 4.69) is 10.3 Å². The Morgan fingerprint density at radius 1 is 1.27 bits per heavy atom. The predicted octanol–water partition coefficient (Wildman–Crippen LogP) is 2.58. The summed E-state index contributed by atoms with van der Waals surface area (Å²) in [7, 11) is 1.58. The van der Waals surface area contributed by atoms with Crippen molar-refractivity contribution in [3.63, 3.8) is 0 Å². The van der Waals surface area contributed by atoms with Crippen molar-refractivity contribution in [3.8, 4) is 5.75 Å². The molecule has 1 N–H and O–H groups in total. The number of aromatic nitrogens is 2. The van der Waals surface area contributed by atoms with Crippen LogP contribution in [0.3, 0.4) is 0 Å². The maximum Gasteiger partial charge on any atom is 0.251 e. The van der Waals surface area contributed by atoms with Crippen LogP contribution in [-0.2, 0) is 6.54 Å². The van der Waals surface area contributed by atoms with Crippen LogP contribution in [0.1, 0.15) is 21.7 Å². The molecule has 3 aromatic rings. The van der Waals surface area contributed by atoms with Gasteiger partial charge in [-0.1, -0.05) is 12.1 Å². The van der Waals surface area contributed by atoms with Crippen molar-refractivity contribution in [3.05, 3.63) is 65.6 Å².